The number of aromatic nitrogens is 4. The SMILES string of the molecule is Cc1nn(C2CCN(CC(F)(F)F)CC2)cc1-c1cnc(N)nc1N. The van der Waals surface area contributed by atoms with Gasteiger partial charge >= 0.3 is 6.18 Å². The second kappa shape index (κ2) is 6.51. The predicted molar refractivity (Wildman–Crippen MR) is 87.6 cm³/mol. The molecule has 25 heavy (non-hydrogen) atoms. The minimum atomic E-state index is -4.16. The Morgan fingerprint density at radius 1 is 1.20 bits per heavy atom. The van der Waals surface area contributed by atoms with Crippen LogP contribution in [0.25, 0.3) is 11.1 Å². The van der Waals surface area contributed by atoms with Gasteiger partial charge in [0.2, 0.25) is 5.95 Å². The molecule has 3 rings (SSSR count). The molecule has 0 radical (unpaired) electrons. The first-order valence-electron chi connectivity index (χ1n) is 7.96. The van der Waals surface area contributed by atoms with Crippen LogP contribution in [0.15, 0.2) is 12.4 Å². The van der Waals surface area contributed by atoms with Gasteiger partial charge in [-0.3, -0.25) is 9.58 Å². The van der Waals surface area contributed by atoms with E-state index in [4.69, 9.17) is 11.5 Å². The van der Waals surface area contributed by atoms with Crippen LogP contribution in [-0.4, -0.2) is 50.5 Å². The number of hydrogen-bond donors (Lipinski definition) is 2. The lowest BCUT2D eigenvalue weighted by molar-refractivity contribution is -0.148. The van der Waals surface area contributed by atoms with Crippen molar-refractivity contribution in [3.8, 4) is 11.1 Å². The highest BCUT2D eigenvalue weighted by Crippen LogP contribution is 2.30. The number of rotatable bonds is 3. The third-order valence-corrected chi connectivity index (χ3v) is 4.38. The van der Waals surface area contributed by atoms with Crippen molar-refractivity contribution >= 4 is 11.8 Å². The Labute approximate surface area is 142 Å². The van der Waals surface area contributed by atoms with Crippen molar-refractivity contribution in [1.82, 2.24) is 24.6 Å². The molecule has 0 bridgehead atoms. The number of alkyl halides is 3. The lowest BCUT2D eigenvalue weighted by atomic mass is 10.1. The first-order chi connectivity index (χ1) is 11.7. The molecule has 0 unspecified atom stereocenters. The topological polar surface area (TPSA) is 98.9 Å². The van der Waals surface area contributed by atoms with Crippen molar-refractivity contribution in [2.45, 2.75) is 32.0 Å². The second-order valence-electron chi connectivity index (χ2n) is 6.26. The van der Waals surface area contributed by atoms with E-state index in [2.05, 4.69) is 15.1 Å². The number of nitrogens with two attached hydrogens (primary N) is 2. The molecule has 0 saturated carbocycles. The summed E-state index contributed by atoms with van der Waals surface area (Å²) in [6, 6.07) is 0.0628. The van der Waals surface area contributed by atoms with Crippen LogP contribution in [0.3, 0.4) is 0 Å². The molecule has 4 N–H and O–H groups in total. The van der Waals surface area contributed by atoms with E-state index < -0.39 is 12.7 Å². The van der Waals surface area contributed by atoms with E-state index in [9.17, 15) is 13.2 Å². The number of piperidine rings is 1. The van der Waals surface area contributed by atoms with Gasteiger partial charge in [0.1, 0.15) is 5.82 Å². The van der Waals surface area contributed by atoms with Crippen LogP contribution in [0, 0.1) is 6.92 Å². The second-order valence-corrected chi connectivity index (χ2v) is 6.26. The van der Waals surface area contributed by atoms with Crippen molar-refractivity contribution in [3.05, 3.63) is 18.1 Å². The van der Waals surface area contributed by atoms with Crippen LogP contribution in [0.5, 0.6) is 0 Å². The van der Waals surface area contributed by atoms with Crippen molar-refractivity contribution in [2.24, 2.45) is 0 Å². The van der Waals surface area contributed by atoms with Crippen molar-refractivity contribution < 1.29 is 13.2 Å². The Morgan fingerprint density at radius 3 is 2.48 bits per heavy atom. The van der Waals surface area contributed by atoms with E-state index in [1.165, 1.54) is 4.90 Å². The van der Waals surface area contributed by atoms with Gasteiger partial charge in [-0.05, 0) is 19.8 Å². The zero-order valence-corrected chi connectivity index (χ0v) is 13.8. The predicted octanol–water partition coefficient (Wildman–Crippen LogP) is 2.01. The highest BCUT2D eigenvalue weighted by Gasteiger charge is 2.33. The molecule has 1 saturated heterocycles. The number of likely N-dealkylation sites (tertiary alicyclic amines) is 1. The first kappa shape index (κ1) is 17.5. The van der Waals surface area contributed by atoms with Crippen LogP contribution < -0.4 is 11.5 Å². The maximum atomic E-state index is 12.5. The minimum Gasteiger partial charge on any atom is -0.383 e. The molecule has 7 nitrogen and oxygen atoms in total. The molecule has 136 valence electrons. The fraction of sp³-hybridized carbons (Fsp3) is 0.533. The molecule has 0 amide bonds. The number of halogens is 3. The smallest absolute Gasteiger partial charge is 0.383 e. The fourth-order valence-electron chi connectivity index (χ4n) is 3.15. The van der Waals surface area contributed by atoms with Gasteiger partial charge in [0, 0.05) is 36.6 Å². The van der Waals surface area contributed by atoms with Crippen LogP contribution in [-0.2, 0) is 0 Å². The number of nitrogens with zero attached hydrogens (tertiary/aromatic N) is 5. The number of anilines is 2. The van der Waals surface area contributed by atoms with E-state index in [-0.39, 0.29) is 17.8 Å². The molecular weight excluding hydrogens is 335 g/mol. The molecule has 1 aliphatic heterocycles. The summed E-state index contributed by atoms with van der Waals surface area (Å²) in [4.78, 5) is 9.34. The average molecular weight is 355 g/mol. The summed E-state index contributed by atoms with van der Waals surface area (Å²) in [6.45, 7) is 1.78. The van der Waals surface area contributed by atoms with E-state index in [0.29, 0.717) is 31.5 Å². The maximum absolute atomic E-state index is 12.5. The van der Waals surface area contributed by atoms with Crippen molar-refractivity contribution in [2.75, 3.05) is 31.1 Å². The zero-order valence-electron chi connectivity index (χ0n) is 13.8. The zero-order chi connectivity index (χ0) is 18.2. The lowest BCUT2D eigenvalue weighted by Gasteiger charge is -2.32. The highest BCUT2D eigenvalue weighted by molar-refractivity contribution is 5.74. The summed E-state index contributed by atoms with van der Waals surface area (Å²) in [5.74, 6) is 0.374. The summed E-state index contributed by atoms with van der Waals surface area (Å²) in [5.41, 5.74) is 13.6. The van der Waals surface area contributed by atoms with Gasteiger partial charge in [0.05, 0.1) is 18.3 Å². The van der Waals surface area contributed by atoms with Gasteiger partial charge in [-0.2, -0.15) is 23.3 Å². The average Bonchev–Trinajstić information content (AvgIpc) is 2.88. The quantitative estimate of drug-likeness (QED) is 0.874. The van der Waals surface area contributed by atoms with Crippen LogP contribution in [0.1, 0.15) is 24.6 Å². The van der Waals surface area contributed by atoms with Gasteiger partial charge in [0.25, 0.3) is 0 Å². The molecule has 0 aliphatic carbocycles. The number of hydrogen-bond acceptors (Lipinski definition) is 6. The third-order valence-electron chi connectivity index (χ3n) is 4.38. The van der Waals surface area contributed by atoms with E-state index >= 15 is 0 Å². The molecule has 0 spiro atoms. The lowest BCUT2D eigenvalue weighted by Crippen LogP contribution is -2.40. The highest BCUT2D eigenvalue weighted by atomic mass is 19.4. The van der Waals surface area contributed by atoms with Crippen molar-refractivity contribution in [1.29, 1.82) is 0 Å². The van der Waals surface area contributed by atoms with Crippen molar-refractivity contribution in [3.63, 3.8) is 0 Å². The fourth-order valence-corrected chi connectivity index (χ4v) is 3.15. The summed E-state index contributed by atoms with van der Waals surface area (Å²) < 4.78 is 39.2. The Bertz CT molecular complexity index is 748. The molecule has 1 aliphatic rings. The maximum Gasteiger partial charge on any atom is 0.401 e. The van der Waals surface area contributed by atoms with E-state index in [0.717, 1.165) is 11.3 Å². The summed E-state index contributed by atoms with van der Waals surface area (Å²) >= 11 is 0. The number of nitrogen functional groups attached to an aromatic ring is 2. The summed E-state index contributed by atoms with van der Waals surface area (Å²) in [5, 5.41) is 4.51. The first-order valence-corrected chi connectivity index (χ1v) is 7.96. The van der Waals surface area contributed by atoms with Gasteiger partial charge < -0.3 is 11.5 Å². The number of aryl methyl sites for hydroxylation is 1. The molecule has 3 heterocycles. The largest absolute Gasteiger partial charge is 0.401 e. The molecule has 0 atom stereocenters. The van der Waals surface area contributed by atoms with Crippen LogP contribution in [0.2, 0.25) is 0 Å². The standard InChI is InChI=1S/C15H20F3N7/c1-9-12(11-6-21-14(20)22-13(11)19)7-25(23-9)10-2-4-24(5-3-10)8-15(16,17)18/h6-7,10H,2-5,8H2,1H3,(H4,19,20,21,22). The summed E-state index contributed by atoms with van der Waals surface area (Å²) in [7, 11) is 0. The molecule has 2 aromatic heterocycles. The third kappa shape index (κ3) is 4.01. The monoisotopic (exact) mass is 355 g/mol. The molecule has 0 aromatic carbocycles. The van der Waals surface area contributed by atoms with Gasteiger partial charge in [-0.15, -0.1) is 0 Å². The Morgan fingerprint density at radius 2 is 1.88 bits per heavy atom. The molecule has 1 fully saturated rings. The van der Waals surface area contributed by atoms with E-state index in [1.54, 1.807) is 6.20 Å². The van der Waals surface area contributed by atoms with Gasteiger partial charge in [-0.25, -0.2) is 4.98 Å². The molecule has 2 aromatic rings. The van der Waals surface area contributed by atoms with E-state index in [1.807, 2.05) is 17.8 Å². The normalized spacial score (nSPS) is 17.1. The summed E-state index contributed by atoms with van der Waals surface area (Å²) in [6.07, 6.45) is 0.478. The Balaban J connectivity index is 1.73. The van der Waals surface area contributed by atoms with Crippen LogP contribution >= 0.6 is 0 Å². The molecular formula is C15H20F3N7. The van der Waals surface area contributed by atoms with Gasteiger partial charge in [0.15, 0.2) is 0 Å². The Kier molecular flexibility index (Phi) is 4.55. The Hall–Kier alpha value is -2.36. The molecule has 10 heteroatoms. The van der Waals surface area contributed by atoms with Gasteiger partial charge in [-0.1, -0.05) is 0 Å². The van der Waals surface area contributed by atoms with Crippen LogP contribution in [0.4, 0.5) is 24.9 Å². The minimum absolute atomic E-state index is 0.0628.